The lowest BCUT2D eigenvalue weighted by atomic mass is 9.74. The fourth-order valence-electron chi connectivity index (χ4n) is 3.18. The molecule has 0 atom stereocenters. The summed E-state index contributed by atoms with van der Waals surface area (Å²) in [7, 11) is 0. The summed E-state index contributed by atoms with van der Waals surface area (Å²) < 4.78 is 1.41. The molecule has 1 fully saturated rings. The molecule has 3 rings (SSSR count). The van der Waals surface area contributed by atoms with E-state index in [1.807, 2.05) is 0 Å². The van der Waals surface area contributed by atoms with Gasteiger partial charge >= 0.3 is 5.97 Å². The third-order valence-electron chi connectivity index (χ3n) is 4.60. The monoisotopic (exact) mass is 329 g/mol. The van der Waals surface area contributed by atoms with Crippen LogP contribution in [0.15, 0.2) is 30.6 Å². The molecule has 0 spiro atoms. The van der Waals surface area contributed by atoms with Crippen LogP contribution >= 0.6 is 0 Å². The van der Waals surface area contributed by atoms with Crippen LogP contribution in [-0.4, -0.2) is 43.7 Å². The van der Waals surface area contributed by atoms with Gasteiger partial charge in [0.15, 0.2) is 0 Å². The molecule has 8 heteroatoms. The van der Waals surface area contributed by atoms with E-state index in [1.54, 1.807) is 24.3 Å². The number of para-hydroxylation sites is 1. The highest BCUT2D eigenvalue weighted by Crippen LogP contribution is 2.36. The molecule has 1 saturated carbocycles. The van der Waals surface area contributed by atoms with Gasteiger partial charge in [-0.2, -0.15) is 4.68 Å². The van der Waals surface area contributed by atoms with Crippen molar-refractivity contribution in [3.63, 3.8) is 0 Å². The van der Waals surface area contributed by atoms with Crippen LogP contribution in [0.25, 0.3) is 5.69 Å². The summed E-state index contributed by atoms with van der Waals surface area (Å²) in [5, 5.41) is 23.3. The van der Waals surface area contributed by atoms with Crippen molar-refractivity contribution in [3.8, 4) is 5.69 Å². The summed E-state index contributed by atoms with van der Waals surface area (Å²) in [5.41, 5.74) is 0.0895. The Morgan fingerprint density at radius 1 is 1.21 bits per heavy atom. The number of nitrogens with zero attached hydrogens (tertiary/aromatic N) is 4. The maximum absolute atomic E-state index is 12.6. The van der Waals surface area contributed by atoms with Crippen molar-refractivity contribution in [2.45, 2.75) is 32.1 Å². The second-order valence-electron chi connectivity index (χ2n) is 6.10. The lowest BCUT2D eigenvalue weighted by Crippen LogP contribution is -2.44. The number of hydrogen-bond acceptors (Lipinski definition) is 5. The first-order valence-electron chi connectivity index (χ1n) is 7.96. The maximum Gasteiger partial charge on any atom is 0.311 e. The summed E-state index contributed by atoms with van der Waals surface area (Å²) in [6.45, 7) is 0.130. The third-order valence-corrected chi connectivity index (χ3v) is 4.60. The van der Waals surface area contributed by atoms with E-state index < -0.39 is 11.4 Å². The normalized spacial score (nSPS) is 16.5. The van der Waals surface area contributed by atoms with Crippen molar-refractivity contribution >= 4 is 11.9 Å². The first-order valence-corrected chi connectivity index (χ1v) is 7.96. The standard InChI is InChI=1S/C16H19N5O3/c22-14(17-10-16(15(23)24)8-4-1-5-9-16)12-6-2-3-7-13(12)21-11-18-19-20-21/h2-3,6-7,11H,1,4-5,8-10H2,(H,17,22)(H,23,24). The molecule has 126 valence electrons. The number of benzene rings is 1. The number of hydrogen-bond donors (Lipinski definition) is 2. The zero-order chi connectivity index (χ0) is 17.0. The number of aliphatic carboxylic acids is 1. The number of carboxylic acids is 1. The zero-order valence-electron chi connectivity index (χ0n) is 13.2. The Kier molecular flexibility index (Phi) is 4.54. The molecule has 2 aromatic rings. The Balaban J connectivity index is 1.77. The van der Waals surface area contributed by atoms with Gasteiger partial charge in [0.1, 0.15) is 6.33 Å². The molecule has 8 nitrogen and oxygen atoms in total. The van der Waals surface area contributed by atoms with Gasteiger partial charge in [0.2, 0.25) is 0 Å². The average Bonchev–Trinajstić information content (AvgIpc) is 3.15. The van der Waals surface area contributed by atoms with Gasteiger partial charge in [-0.3, -0.25) is 9.59 Å². The SMILES string of the molecule is O=C(NCC1(C(=O)O)CCCCC1)c1ccccc1-n1cnnn1. The predicted octanol–water partition coefficient (Wildman–Crippen LogP) is 1.43. The second kappa shape index (κ2) is 6.77. The average molecular weight is 329 g/mol. The van der Waals surface area contributed by atoms with Crippen molar-refractivity contribution in [2.75, 3.05) is 6.54 Å². The van der Waals surface area contributed by atoms with Gasteiger partial charge in [0.25, 0.3) is 5.91 Å². The number of tetrazole rings is 1. The van der Waals surface area contributed by atoms with Gasteiger partial charge in [0.05, 0.1) is 16.7 Å². The van der Waals surface area contributed by atoms with Crippen LogP contribution in [0.3, 0.4) is 0 Å². The number of carbonyl (C=O) groups is 2. The van der Waals surface area contributed by atoms with Crippen molar-refractivity contribution in [1.82, 2.24) is 25.5 Å². The number of carboxylic acid groups (broad SMARTS) is 1. The largest absolute Gasteiger partial charge is 0.481 e. The maximum atomic E-state index is 12.6. The number of amides is 1. The molecule has 1 aliphatic rings. The predicted molar refractivity (Wildman–Crippen MR) is 84.6 cm³/mol. The molecule has 1 heterocycles. The summed E-state index contributed by atoms with van der Waals surface area (Å²) in [4.78, 5) is 24.3. The van der Waals surface area contributed by atoms with Crippen LogP contribution in [0.1, 0.15) is 42.5 Å². The van der Waals surface area contributed by atoms with Crippen LogP contribution in [0.4, 0.5) is 0 Å². The molecule has 1 amide bonds. The summed E-state index contributed by atoms with van der Waals surface area (Å²) in [6.07, 6.45) is 5.40. The lowest BCUT2D eigenvalue weighted by molar-refractivity contribution is -0.150. The van der Waals surface area contributed by atoms with Crippen LogP contribution in [-0.2, 0) is 4.79 Å². The quantitative estimate of drug-likeness (QED) is 0.858. The smallest absolute Gasteiger partial charge is 0.311 e. The fourth-order valence-corrected chi connectivity index (χ4v) is 3.18. The van der Waals surface area contributed by atoms with E-state index in [-0.39, 0.29) is 12.5 Å². The Labute approximate surface area is 138 Å². The van der Waals surface area contributed by atoms with E-state index in [0.29, 0.717) is 24.1 Å². The van der Waals surface area contributed by atoms with E-state index in [2.05, 4.69) is 20.8 Å². The van der Waals surface area contributed by atoms with Crippen LogP contribution < -0.4 is 5.32 Å². The Morgan fingerprint density at radius 3 is 2.62 bits per heavy atom. The molecule has 0 unspecified atom stereocenters. The van der Waals surface area contributed by atoms with Gasteiger partial charge < -0.3 is 10.4 Å². The van der Waals surface area contributed by atoms with E-state index >= 15 is 0 Å². The summed E-state index contributed by atoms with van der Waals surface area (Å²) in [6, 6.07) is 6.93. The van der Waals surface area contributed by atoms with Gasteiger partial charge in [0, 0.05) is 6.54 Å². The van der Waals surface area contributed by atoms with E-state index in [4.69, 9.17) is 0 Å². The molecular weight excluding hydrogens is 310 g/mol. The molecule has 0 saturated heterocycles. The summed E-state index contributed by atoms with van der Waals surface area (Å²) >= 11 is 0. The van der Waals surface area contributed by atoms with E-state index in [0.717, 1.165) is 19.3 Å². The topological polar surface area (TPSA) is 110 Å². The first-order chi connectivity index (χ1) is 11.6. The van der Waals surface area contributed by atoms with Gasteiger partial charge in [-0.05, 0) is 35.4 Å². The van der Waals surface area contributed by atoms with Gasteiger partial charge in [-0.1, -0.05) is 31.4 Å². The second-order valence-corrected chi connectivity index (χ2v) is 6.10. The van der Waals surface area contributed by atoms with Gasteiger partial charge in [-0.15, -0.1) is 5.10 Å². The minimum absolute atomic E-state index is 0.130. The molecule has 1 aromatic heterocycles. The Bertz CT molecular complexity index is 723. The molecule has 2 N–H and O–H groups in total. The number of aromatic nitrogens is 4. The molecule has 1 aliphatic carbocycles. The minimum atomic E-state index is -0.863. The first kappa shape index (κ1) is 16.1. The Morgan fingerprint density at radius 2 is 1.96 bits per heavy atom. The van der Waals surface area contributed by atoms with Crippen molar-refractivity contribution in [2.24, 2.45) is 5.41 Å². The lowest BCUT2D eigenvalue weighted by Gasteiger charge is -2.33. The fraction of sp³-hybridized carbons (Fsp3) is 0.438. The van der Waals surface area contributed by atoms with Crippen LogP contribution in [0.5, 0.6) is 0 Å². The molecule has 0 bridgehead atoms. The highest BCUT2D eigenvalue weighted by molar-refractivity contribution is 5.98. The molecular formula is C16H19N5O3. The van der Waals surface area contributed by atoms with Gasteiger partial charge in [-0.25, -0.2) is 0 Å². The van der Waals surface area contributed by atoms with Crippen molar-refractivity contribution < 1.29 is 14.7 Å². The number of nitrogens with one attached hydrogen (secondary N) is 1. The number of rotatable bonds is 5. The van der Waals surface area contributed by atoms with Crippen LogP contribution in [0.2, 0.25) is 0 Å². The Hall–Kier alpha value is -2.77. The minimum Gasteiger partial charge on any atom is -0.481 e. The highest BCUT2D eigenvalue weighted by atomic mass is 16.4. The van der Waals surface area contributed by atoms with Crippen molar-refractivity contribution in [3.05, 3.63) is 36.2 Å². The van der Waals surface area contributed by atoms with E-state index in [1.165, 1.54) is 11.0 Å². The molecule has 24 heavy (non-hydrogen) atoms. The highest BCUT2D eigenvalue weighted by Gasteiger charge is 2.39. The zero-order valence-corrected chi connectivity index (χ0v) is 13.2. The molecule has 0 radical (unpaired) electrons. The number of carbonyl (C=O) groups excluding carboxylic acids is 1. The van der Waals surface area contributed by atoms with Crippen LogP contribution in [0, 0.1) is 5.41 Å². The van der Waals surface area contributed by atoms with E-state index in [9.17, 15) is 14.7 Å². The summed E-state index contributed by atoms with van der Waals surface area (Å²) in [5.74, 6) is -1.16. The van der Waals surface area contributed by atoms with Crippen molar-refractivity contribution in [1.29, 1.82) is 0 Å². The molecule has 1 aromatic carbocycles. The third kappa shape index (κ3) is 3.12. The molecule has 0 aliphatic heterocycles.